The third kappa shape index (κ3) is 5.40. The van der Waals surface area contributed by atoms with Gasteiger partial charge in [-0.05, 0) is 60.2 Å². The summed E-state index contributed by atoms with van der Waals surface area (Å²) in [5.74, 6) is -3.60. The van der Waals surface area contributed by atoms with E-state index in [-0.39, 0.29) is 23.6 Å². The van der Waals surface area contributed by atoms with Crippen molar-refractivity contribution in [1.82, 2.24) is 19.2 Å². The fourth-order valence-electron chi connectivity index (χ4n) is 4.68. The van der Waals surface area contributed by atoms with Crippen LogP contribution in [0.25, 0.3) is 16.8 Å². The highest BCUT2D eigenvalue weighted by Crippen LogP contribution is 2.43. The maximum Gasteiger partial charge on any atom is 0.491 e. The van der Waals surface area contributed by atoms with Gasteiger partial charge >= 0.3 is 7.12 Å². The van der Waals surface area contributed by atoms with Crippen molar-refractivity contribution in [2.24, 2.45) is 0 Å². The number of nitrogens with zero attached hydrogens (tertiary/aromatic N) is 3. The van der Waals surface area contributed by atoms with E-state index in [1.54, 1.807) is 12.3 Å². The summed E-state index contributed by atoms with van der Waals surface area (Å²) < 4.78 is 69.2. The minimum atomic E-state index is -2.84. The first-order valence-electron chi connectivity index (χ1n) is 12.3. The molecule has 0 bridgehead atoms. The smallest absolute Gasteiger partial charge is 0.491 e. The summed E-state index contributed by atoms with van der Waals surface area (Å²) in [5, 5.41) is 25.6. The monoisotopic (exact) mass is 571 g/mol. The van der Waals surface area contributed by atoms with Gasteiger partial charge in [0.05, 0.1) is 11.1 Å². The lowest BCUT2D eigenvalue weighted by Gasteiger charge is -2.26. The average Bonchev–Trinajstić information content (AvgIpc) is 3.70. The predicted molar refractivity (Wildman–Crippen MR) is 140 cm³/mol. The Morgan fingerprint density at radius 2 is 1.80 bits per heavy atom. The van der Waals surface area contributed by atoms with Crippen LogP contribution >= 0.6 is 0 Å². The van der Waals surface area contributed by atoms with Crippen molar-refractivity contribution in [1.29, 1.82) is 0 Å². The molecule has 4 aromatic rings. The number of amides is 1. The Bertz CT molecular complexity index is 1630. The van der Waals surface area contributed by atoms with Crippen LogP contribution in [0, 0.1) is 17.5 Å². The topological polar surface area (TPSA) is 130 Å². The molecule has 2 aromatic heterocycles. The van der Waals surface area contributed by atoms with E-state index in [9.17, 15) is 36.8 Å². The third-order valence-electron chi connectivity index (χ3n) is 6.85. The van der Waals surface area contributed by atoms with Gasteiger partial charge in [0.2, 0.25) is 0 Å². The van der Waals surface area contributed by atoms with E-state index < -0.39 is 53.8 Å². The Morgan fingerprint density at radius 3 is 2.40 bits per heavy atom. The van der Waals surface area contributed by atoms with Gasteiger partial charge in [0.1, 0.15) is 11.5 Å². The number of nitrogens with one attached hydrogen (secondary N) is 1. The lowest BCUT2D eigenvalue weighted by molar-refractivity contribution is 0.0965. The Labute approximate surface area is 229 Å². The average molecular weight is 571 g/mol. The summed E-state index contributed by atoms with van der Waals surface area (Å²) in [6.07, 6.45) is 3.30. The molecule has 1 aliphatic rings. The molecule has 1 unspecified atom stereocenters. The Balaban J connectivity index is 1.57. The molecule has 5 rings (SSSR count). The lowest BCUT2D eigenvalue weighted by Crippen LogP contribution is -2.34. The van der Waals surface area contributed by atoms with Gasteiger partial charge in [0.15, 0.2) is 11.6 Å². The molecule has 208 valence electrons. The van der Waals surface area contributed by atoms with Gasteiger partial charge < -0.3 is 19.9 Å². The molecule has 0 radical (unpaired) electrons. The predicted octanol–water partition coefficient (Wildman–Crippen LogP) is 2.13. The quantitative estimate of drug-likeness (QED) is 0.209. The summed E-state index contributed by atoms with van der Waals surface area (Å²) in [6.45, 7) is -0.726. The molecule has 2 heterocycles. The summed E-state index contributed by atoms with van der Waals surface area (Å²) in [5.41, 5.74) is 1.96. The molecule has 40 heavy (non-hydrogen) atoms. The van der Waals surface area contributed by atoms with Crippen LogP contribution in [0.1, 0.15) is 45.8 Å². The van der Waals surface area contributed by atoms with Crippen LogP contribution in [0.3, 0.4) is 0 Å². The van der Waals surface area contributed by atoms with Gasteiger partial charge in [-0.25, -0.2) is 22.0 Å². The molecule has 1 atom stereocenters. The van der Waals surface area contributed by atoms with Gasteiger partial charge in [-0.2, -0.15) is 5.10 Å². The van der Waals surface area contributed by atoms with Crippen molar-refractivity contribution in [3.05, 3.63) is 88.4 Å². The number of hydrogen-bond acceptors (Lipinski definition) is 6. The van der Waals surface area contributed by atoms with Crippen molar-refractivity contribution >= 4 is 35.3 Å². The zero-order valence-electron chi connectivity index (χ0n) is 21.1. The molecule has 14 heteroatoms. The van der Waals surface area contributed by atoms with Crippen LogP contribution in [-0.2, 0) is 24.4 Å². The van der Waals surface area contributed by atoms with E-state index in [2.05, 4.69) is 10.4 Å². The van der Waals surface area contributed by atoms with Gasteiger partial charge in [-0.1, -0.05) is 12.1 Å². The van der Waals surface area contributed by atoms with Crippen LogP contribution in [0.5, 0.6) is 0 Å². The first-order chi connectivity index (χ1) is 19.1. The molecule has 1 saturated carbocycles. The lowest BCUT2D eigenvalue weighted by atomic mass is 9.79. The molecule has 0 aliphatic heterocycles. The van der Waals surface area contributed by atoms with Gasteiger partial charge in [-0.15, -0.1) is 0 Å². The molecular weight excluding hydrogens is 548 g/mol. The fourth-order valence-corrected chi connectivity index (χ4v) is 5.17. The first kappa shape index (κ1) is 28.0. The molecule has 1 aliphatic carbocycles. The summed E-state index contributed by atoms with van der Waals surface area (Å²) in [7, 11) is -0.747. The van der Waals surface area contributed by atoms with E-state index in [0.29, 0.717) is 22.3 Å². The zero-order chi connectivity index (χ0) is 28.7. The SMILES string of the molecule is CNC(=O)c1c(-c2ccc(F)cc2)nn2cc(CN(Cc3ccc(B(O)O)c(F)c3F)S(=O)[O-])c(C3CC3)cc12. The molecule has 0 saturated heterocycles. The highest BCUT2D eigenvalue weighted by atomic mass is 32.2. The summed E-state index contributed by atoms with van der Waals surface area (Å²) >= 11 is -2.84. The zero-order valence-corrected chi connectivity index (χ0v) is 21.9. The molecule has 9 nitrogen and oxygen atoms in total. The second-order valence-electron chi connectivity index (χ2n) is 9.50. The maximum absolute atomic E-state index is 14.7. The Hall–Kier alpha value is -3.56. The maximum atomic E-state index is 14.7. The molecule has 2 aromatic carbocycles. The Morgan fingerprint density at radius 1 is 1.12 bits per heavy atom. The van der Waals surface area contributed by atoms with Crippen LogP contribution in [0.2, 0.25) is 0 Å². The van der Waals surface area contributed by atoms with Crippen molar-refractivity contribution in [3.8, 4) is 11.3 Å². The number of rotatable bonds is 9. The fraction of sp³-hybridized carbons (Fsp3) is 0.231. The first-order valence-corrected chi connectivity index (χ1v) is 13.3. The van der Waals surface area contributed by atoms with E-state index in [1.807, 2.05) is 0 Å². The van der Waals surface area contributed by atoms with E-state index in [4.69, 9.17) is 0 Å². The van der Waals surface area contributed by atoms with Gasteiger partial charge in [-0.3, -0.25) is 9.00 Å². The second-order valence-corrected chi connectivity index (χ2v) is 10.4. The number of fused-ring (bicyclic) bond motifs is 1. The van der Waals surface area contributed by atoms with Crippen molar-refractivity contribution < 1.29 is 36.8 Å². The highest BCUT2D eigenvalue weighted by Gasteiger charge is 2.30. The van der Waals surface area contributed by atoms with Crippen molar-refractivity contribution in [2.45, 2.75) is 31.8 Å². The van der Waals surface area contributed by atoms with Crippen molar-refractivity contribution in [3.63, 3.8) is 0 Å². The minimum Gasteiger partial charge on any atom is -0.760 e. The second kappa shape index (κ2) is 11.1. The standard InChI is InChI=1S/C26H24BF3N4O5S/c1-31-26(35)22-21-10-19(14-2-3-14)17(13-34(21)32-25(22)15-4-7-18(28)8-5-15)12-33(40(38)39)11-16-6-9-20(27(36)37)24(30)23(16)29/h4-10,13-14,36-37H,2-3,11-12H2,1H3,(H,31,35)(H,38,39)/p-1. The molecule has 3 N–H and O–H groups in total. The number of carbonyl (C=O) groups excluding carboxylic acids is 1. The van der Waals surface area contributed by atoms with Gasteiger partial charge in [0.25, 0.3) is 5.91 Å². The Kier molecular flexibility index (Phi) is 7.79. The summed E-state index contributed by atoms with van der Waals surface area (Å²) in [4.78, 5) is 12.9. The number of carbonyl (C=O) groups is 1. The molecule has 1 fully saturated rings. The summed E-state index contributed by atoms with van der Waals surface area (Å²) in [6, 6.07) is 9.37. The third-order valence-corrected chi connectivity index (χ3v) is 7.53. The van der Waals surface area contributed by atoms with E-state index in [0.717, 1.165) is 34.8 Å². The number of hydrogen-bond donors (Lipinski definition) is 3. The molecule has 1 amide bonds. The normalized spacial score (nSPS) is 14.1. The number of benzene rings is 2. The van der Waals surface area contributed by atoms with E-state index in [1.165, 1.54) is 35.8 Å². The van der Waals surface area contributed by atoms with E-state index >= 15 is 0 Å². The van der Waals surface area contributed by atoms with Crippen LogP contribution < -0.4 is 10.8 Å². The van der Waals surface area contributed by atoms with Crippen LogP contribution in [0.15, 0.2) is 48.7 Å². The molecular formula is C26H23BF3N4O5S-. The molecule has 0 spiro atoms. The number of halogens is 3. The largest absolute Gasteiger partial charge is 0.760 e. The van der Waals surface area contributed by atoms with Crippen LogP contribution in [-0.4, -0.2) is 52.8 Å². The van der Waals surface area contributed by atoms with Crippen LogP contribution in [0.4, 0.5) is 13.2 Å². The van der Waals surface area contributed by atoms with Crippen molar-refractivity contribution in [2.75, 3.05) is 7.05 Å². The van der Waals surface area contributed by atoms with Gasteiger partial charge in [0, 0.05) is 54.2 Å². The number of aromatic nitrogens is 2. The number of pyridine rings is 1. The minimum absolute atomic E-state index is 0.114. The highest BCUT2D eigenvalue weighted by molar-refractivity contribution is 7.76.